The van der Waals surface area contributed by atoms with Gasteiger partial charge < -0.3 is 20.1 Å². The molecule has 0 spiro atoms. The topological polar surface area (TPSA) is 76.7 Å². The number of hydrogen-bond donors (Lipinski definition) is 2. The summed E-state index contributed by atoms with van der Waals surface area (Å²) >= 11 is 0. The lowest BCUT2D eigenvalue weighted by molar-refractivity contribution is -0.125. The third-order valence-electron chi connectivity index (χ3n) is 5.07. The second kappa shape index (κ2) is 15.5. The Balaban J connectivity index is 2.84. The van der Waals surface area contributed by atoms with E-state index in [4.69, 9.17) is 9.47 Å². The zero-order chi connectivity index (χ0) is 23.9. The molecular formula is C26H44N2O4. The number of benzene rings is 1. The predicted octanol–water partition coefficient (Wildman–Crippen LogP) is 5.76. The Bertz CT molecular complexity index is 664. The third-order valence-corrected chi connectivity index (χ3v) is 5.07. The molecule has 0 radical (unpaired) electrons. The summed E-state index contributed by atoms with van der Waals surface area (Å²) in [6.45, 7) is 10.8. The minimum absolute atomic E-state index is 0.0998. The first-order valence-corrected chi connectivity index (χ1v) is 12.2. The van der Waals surface area contributed by atoms with E-state index >= 15 is 0 Å². The van der Waals surface area contributed by atoms with Gasteiger partial charge in [0.2, 0.25) is 11.8 Å². The van der Waals surface area contributed by atoms with E-state index in [1.54, 1.807) is 7.11 Å². The molecular weight excluding hydrogens is 404 g/mol. The van der Waals surface area contributed by atoms with Crippen LogP contribution in [0.2, 0.25) is 0 Å². The van der Waals surface area contributed by atoms with Gasteiger partial charge in [0, 0.05) is 12.8 Å². The van der Waals surface area contributed by atoms with Crippen molar-refractivity contribution >= 4 is 11.8 Å². The number of hydrogen-bond acceptors (Lipinski definition) is 4. The van der Waals surface area contributed by atoms with E-state index in [0.717, 1.165) is 18.4 Å². The number of rotatable bonds is 16. The highest BCUT2D eigenvalue weighted by molar-refractivity contribution is 5.79. The molecule has 0 aliphatic carbocycles. The van der Waals surface area contributed by atoms with Crippen LogP contribution in [0.3, 0.4) is 0 Å². The Morgan fingerprint density at radius 1 is 0.844 bits per heavy atom. The second-order valence-electron chi connectivity index (χ2n) is 9.29. The van der Waals surface area contributed by atoms with Gasteiger partial charge in [0.05, 0.1) is 13.7 Å². The molecule has 2 amide bonds. The van der Waals surface area contributed by atoms with Gasteiger partial charge in [-0.05, 0) is 36.0 Å². The molecule has 6 nitrogen and oxygen atoms in total. The lowest BCUT2D eigenvalue weighted by Crippen LogP contribution is -2.41. The summed E-state index contributed by atoms with van der Waals surface area (Å²) in [6.07, 6.45) is 7.40. The van der Waals surface area contributed by atoms with Crippen LogP contribution in [0, 0.1) is 11.8 Å². The van der Waals surface area contributed by atoms with Gasteiger partial charge in [0.1, 0.15) is 6.17 Å². The van der Waals surface area contributed by atoms with Gasteiger partial charge in [0.15, 0.2) is 11.5 Å². The fourth-order valence-corrected chi connectivity index (χ4v) is 3.43. The average molecular weight is 449 g/mol. The fraction of sp³-hybridized carbons (Fsp3) is 0.692. The van der Waals surface area contributed by atoms with Crippen LogP contribution in [0.25, 0.3) is 0 Å². The van der Waals surface area contributed by atoms with Crippen LogP contribution in [0.15, 0.2) is 18.2 Å². The van der Waals surface area contributed by atoms with E-state index in [2.05, 4.69) is 17.6 Å². The van der Waals surface area contributed by atoms with Crippen molar-refractivity contribution in [3.8, 4) is 11.5 Å². The molecule has 32 heavy (non-hydrogen) atoms. The third kappa shape index (κ3) is 11.4. The summed E-state index contributed by atoms with van der Waals surface area (Å²) in [5, 5.41) is 5.90. The molecule has 0 unspecified atom stereocenters. The Kier molecular flexibility index (Phi) is 13.5. The van der Waals surface area contributed by atoms with Crippen LogP contribution in [0.1, 0.15) is 97.7 Å². The summed E-state index contributed by atoms with van der Waals surface area (Å²) in [7, 11) is 1.60. The van der Waals surface area contributed by atoms with Gasteiger partial charge in [0.25, 0.3) is 0 Å². The number of ether oxygens (including phenoxy) is 2. The lowest BCUT2D eigenvalue weighted by atomic mass is 10.1. The van der Waals surface area contributed by atoms with Crippen LogP contribution < -0.4 is 20.1 Å². The maximum atomic E-state index is 12.4. The maximum absolute atomic E-state index is 12.4. The number of amides is 2. The molecule has 0 atom stereocenters. The number of unbranched alkanes of at least 4 members (excludes halogenated alkanes) is 5. The second-order valence-corrected chi connectivity index (χ2v) is 9.29. The molecule has 0 aromatic heterocycles. The molecule has 0 bridgehead atoms. The molecule has 182 valence electrons. The van der Waals surface area contributed by atoms with Crippen molar-refractivity contribution in [1.29, 1.82) is 0 Å². The normalized spacial score (nSPS) is 11.2. The van der Waals surface area contributed by atoms with Crippen LogP contribution in [-0.4, -0.2) is 25.5 Å². The molecule has 0 aliphatic heterocycles. The minimum Gasteiger partial charge on any atom is -0.493 e. The van der Waals surface area contributed by atoms with Crippen molar-refractivity contribution < 1.29 is 19.1 Å². The predicted molar refractivity (Wildman–Crippen MR) is 130 cm³/mol. The van der Waals surface area contributed by atoms with Gasteiger partial charge in [-0.15, -0.1) is 0 Å². The van der Waals surface area contributed by atoms with Crippen LogP contribution in [0.5, 0.6) is 11.5 Å². The van der Waals surface area contributed by atoms with E-state index < -0.39 is 6.17 Å². The Labute approximate surface area is 194 Å². The highest BCUT2D eigenvalue weighted by atomic mass is 16.5. The van der Waals surface area contributed by atoms with Crippen molar-refractivity contribution in [3.05, 3.63) is 23.8 Å². The first-order valence-electron chi connectivity index (χ1n) is 12.2. The number of methoxy groups -OCH3 is 1. The summed E-state index contributed by atoms with van der Waals surface area (Å²) in [5.74, 6) is 1.53. The van der Waals surface area contributed by atoms with Crippen LogP contribution in [0.4, 0.5) is 0 Å². The standard InChI is InChI=1S/C26H44N2O4/c1-7-8-9-10-11-12-15-32-22-14-13-21(18-23(22)31-6)26(27-24(29)16-19(2)3)28-25(30)17-20(4)5/h13-14,18-20,26H,7-12,15-17H2,1-6H3,(H,27,29)(H,28,30). The molecule has 1 aromatic rings. The van der Waals surface area contributed by atoms with Crippen molar-refractivity contribution in [3.63, 3.8) is 0 Å². The van der Waals surface area contributed by atoms with E-state index in [0.29, 0.717) is 30.9 Å². The van der Waals surface area contributed by atoms with Crippen molar-refractivity contribution in [2.45, 2.75) is 92.2 Å². The zero-order valence-corrected chi connectivity index (χ0v) is 21.0. The highest BCUT2D eigenvalue weighted by Gasteiger charge is 2.20. The maximum Gasteiger partial charge on any atom is 0.222 e. The Morgan fingerprint density at radius 2 is 1.41 bits per heavy atom. The summed E-state index contributed by atoms with van der Waals surface area (Å²) in [6, 6.07) is 5.54. The molecule has 0 saturated carbocycles. The molecule has 0 saturated heterocycles. The molecule has 0 heterocycles. The SMILES string of the molecule is CCCCCCCCOc1ccc(C(NC(=O)CC(C)C)NC(=O)CC(C)C)cc1OC. The van der Waals surface area contributed by atoms with Crippen molar-refractivity contribution in [1.82, 2.24) is 10.6 Å². The van der Waals surface area contributed by atoms with Crippen LogP contribution >= 0.6 is 0 Å². The minimum atomic E-state index is -0.617. The number of nitrogens with one attached hydrogen (secondary N) is 2. The van der Waals surface area contributed by atoms with E-state index in [1.165, 1.54) is 25.7 Å². The quantitative estimate of drug-likeness (QED) is 0.249. The fourth-order valence-electron chi connectivity index (χ4n) is 3.43. The van der Waals surface area contributed by atoms with Crippen LogP contribution in [-0.2, 0) is 9.59 Å². The van der Waals surface area contributed by atoms with Gasteiger partial charge in [-0.3, -0.25) is 9.59 Å². The van der Waals surface area contributed by atoms with Gasteiger partial charge in [-0.2, -0.15) is 0 Å². The zero-order valence-electron chi connectivity index (χ0n) is 21.0. The molecule has 6 heteroatoms. The Hall–Kier alpha value is -2.24. The smallest absolute Gasteiger partial charge is 0.222 e. The summed E-state index contributed by atoms with van der Waals surface area (Å²) in [4.78, 5) is 24.8. The first kappa shape index (κ1) is 27.8. The summed E-state index contributed by atoms with van der Waals surface area (Å²) < 4.78 is 11.5. The first-order chi connectivity index (χ1) is 15.3. The molecule has 1 rings (SSSR count). The van der Waals surface area contributed by atoms with Gasteiger partial charge in [-0.25, -0.2) is 0 Å². The Morgan fingerprint density at radius 3 is 1.94 bits per heavy atom. The monoisotopic (exact) mass is 448 g/mol. The number of carbonyl (C=O) groups excluding carboxylic acids is 2. The number of carbonyl (C=O) groups is 2. The van der Waals surface area contributed by atoms with Gasteiger partial charge >= 0.3 is 0 Å². The average Bonchev–Trinajstić information content (AvgIpc) is 2.71. The summed E-state index contributed by atoms with van der Waals surface area (Å²) in [5.41, 5.74) is 0.753. The molecule has 1 aromatic carbocycles. The lowest BCUT2D eigenvalue weighted by Gasteiger charge is -2.23. The van der Waals surface area contributed by atoms with E-state index in [1.807, 2.05) is 45.9 Å². The van der Waals surface area contributed by atoms with E-state index in [-0.39, 0.29) is 23.7 Å². The molecule has 2 N–H and O–H groups in total. The largest absolute Gasteiger partial charge is 0.493 e. The highest BCUT2D eigenvalue weighted by Crippen LogP contribution is 2.30. The van der Waals surface area contributed by atoms with Crippen molar-refractivity contribution in [2.24, 2.45) is 11.8 Å². The van der Waals surface area contributed by atoms with Crippen molar-refractivity contribution in [2.75, 3.05) is 13.7 Å². The molecule has 0 fully saturated rings. The van der Waals surface area contributed by atoms with E-state index in [9.17, 15) is 9.59 Å². The molecule has 0 aliphatic rings. The van der Waals surface area contributed by atoms with Gasteiger partial charge in [-0.1, -0.05) is 72.8 Å².